The van der Waals surface area contributed by atoms with E-state index in [1.165, 1.54) is 12.8 Å². The van der Waals surface area contributed by atoms with Gasteiger partial charge in [0, 0.05) is 24.8 Å². The lowest BCUT2D eigenvalue weighted by Gasteiger charge is -2.06. The van der Waals surface area contributed by atoms with Crippen molar-refractivity contribution in [1.82, 2.24) is 15.1 Å². The summed E-state index contributed by atoms with van der Waals surface area (Å²) in [6, 6.07) is 10.8. The summed E-state index contributed by atoms with van der Waals surface area (Å²) in [5.41, 5.74) is 2.11. The highest BCUT2D eigenvalue weighted by Crippen LogP contribution is 2.19. The molecule has 0 amide bonds. The first-order chi connectivity index (χ1) is 9.35. The van der Waals surface area contributed by atoms with Crippen LogP contribution in [0.15, 0.2) is 36.5 Å². The van der Waals surface area contributed by atoms with E-state index in [-0.39, 0.29) is 0 Å². The van der Waals surface area contributed by atoms with Crippen molar-refractivity contribution < 1.29 is 4.74 Å². The molecule has 1 N–H and O–H groups in total. The molecule has 4 nitrogen and oxygen atoms in total. The molecule has 1 aliphatic rings. The normalized spacial score (nSPS) is 14.6. The Bertz CT molecular complexity index is 546. The van der Waals surface area contributed by atoms with Crippen LogP contribution in [0.5, 0.6) is 5.75 Å². The molecule has 1 fully saturated rings. The molecular weight excluding hydrogens is 238 g/mol. The minimum Gasteiger partial charge on any atom is -0.494 e. The summed E-state index contributed by atoms with van der Waals surface area (Å²) in [4.78, 5) is 0. The van der Waals surface area contributed by atoms with Crippen LogP contribution in [0, 0.1) is 0 Å². The van der Waals surface area contributed by atoms with Gasteiger partial charge in [0.1, 0.15) is 5.75 Å². The second kappa shape index (κ2) is 5.45. The Hall–Kier alpha value is -1.81. The van der Waals surface area contributed by atoms with Gasteiger partial charge in [-0.25, -0.2) is 4.68 Å². The van der Waals surface area contributed by atoms with Crippen LogP contribution in [0.4, 0.5) is 0 Å². The molecule has 0 bridgehead atoms. The lowest BCUT2D eigenvalue weighted by Crippen LogP contribution is -2.15. The molecule has 1 heterocycles. The highest BCUT2D eigenvalue weighted by Gasteiger charge is 2.20. The van der Waals surface area contributed by atoms with Gasteiger partial charge < -0.3 is 10.1 Å². The van der Waals surface area contributed by atoms with E-state index in [0.717, 1.165) is 23.7 Å². The van der Waals surface area contributed by atoms with Crippen LogP contribution in [0.3, 0.4) is 0 Å². The summed E-state index contributed by atoms with van der Waals surface area (Å²) in [5.74, 6) is 0.883. The zero-order valence-electron chi connectivity index (χ0n) is 11.2. The summed E-state index contributed by atoms with van der Waals surface area (Å²) < 4.78 is 7.40. The van der Waals surface area contributed by atoms with Gasteiger partial charge in [0.2, 0.25) is 0 Å². The number of nitrogens with one attached hydrogen (secondary N) is 1. The number of benzene rings is 1. The van der Waals surface area contributed by atoms with Gasteiger partial charge >= 0.3 is 0 Å². The van der Waals surface area contributed by atoms with Crippen molar-refractivity contribution in [1.29, 1.82) is 0 Å². The van der Waals surface area contributed by atoms with Gasteiger partial charge in [-0.05, 0) is 38.0 Å². The third-order valence-electron chi connectivity index (χ3n) is 3.19. The highest BCUT2D eigenvalue weighted by atomic mass is 16.5. The molecular formula is C15H19N3O. The third kappa shape index (κ3) is 3.15. The smallest absolute Gasteiger partial charge is 0.121 e. The minimum atomic E-state index is 0.680. The van der Waals surface area contributed by atoms with E-state index in [1.807, 2.05) is 42.1 Å². The molecule has 0 saturated heterocycles. The Morgan fingerprint density at radius 1 is 1.37 bits per heavy atom. The molecule has 100 valence electrons. The molecule has 1 aromatic carbocycles. The third-order valence-corrected chi connectivity index (χ3v) is 3.19. The maximum absolute atomic E-state index is 5.51. The van der Waals surface area contributed by atoms with E-state index in [4.69, 9.17) is 4.74 Å². The van der Waals surface area contributed by atoms with Crippen LogP contribution in [0.25, 0.3) is 5.69 Å². The van der Waals surface area contributed by atoms with E-state index in [0.29, 0.717) is 12.6 Å². The number of aromatic nitrogens is 2. The van der Waals surface area contributed by atoms with Gasteiger partial charge in [0.25, 0.3) is 0 Å². The lowest BCUT2D eigenvalue weighted by molar-refractivity contribution is 0.340. The number of nitrogens with zero attached hydrogens (tertiary/aromatic N) is 2. The molecule has 0 spiro atoms. The highest BCUT2D eigenvalue weighted by molar-refractivity contribution is 5.38. The molecule has 0 radical (unpaired) electrons. The average Bonchev–Trinajstić information content (AvgIpc) is 3.14. The van der Waals surface area contributed by atoms with Crippen molar-refractivity contribution in [3.8, 4) is 11.4 Å². The second-order valence-electron chi connectivity index (χ2n) is 4.84. The number of hydrogen-bond acceptors (Lipinski definition) is 3. The molecule has 2 aromatic rings. The van der Waals surface area contributed by atoms with Gasteiger partial charge in [-0.2, -0.15) is 5.10 Å². The Morgan fingerprint density at radius 3 is 3.05 bits per heavy atom. The van der Waals surface area contributed by atoms with Crippen molar-refractivity contribution in [3.63, 3.8) is 0 Å². The first kappa shape index (κ1) is 12.2. The van der Waals surface area contributed by atoms with Crippen LogP contribution in [-0.2, 0) is 6.54 Å². The molecule has 0 atom stereocenters. The monoisotopic (exact) mass is 257 g/mol. The quantitative estimate of drug-likeness (QED) is 0.864. The van der Waals surface area contributed by atoms with Crippen LogP contribution >= 0.6 is 0 Å². The second-order valence-corrected chi connectivity index (χ2v) is 4.84. The minimum absolute atomic E-state index is 0.680. The van der Waals surface area contributed by atoms with E-state index in [9.17, 15) is 0 Å². The van der Waals surface area contributed by atoms with Crippen molar-refractivity contribution in [2.45, 2.75) is 32.4 Å². The predicted octanol–water partition coefficient (Wildman–Crippen LogP) is 2.52. The Labute approximate surface area is 113 Å². The zero-order valence-corrected chi connectivity index (χ0v) is 11.2. The molecule has 0 unspecified atom stereocenters. The maximum Gasteiger partial charge on any atom is 0.121 e. The SMILES string of the molecule is CCOc1cccc(-n2ccc(CNC3CC3)n2)c1. The largest absolute Gasteiger partial charge is 0.494 e. The number of hydrogen-bond donors (Lipinski definition) is 1. The van der Waals surface area contributed by atoms with Gasteiger partial charge in [0.05, 0.1) is 18.0 Å². The fourth-order valence-corrected chi connectivity index (χ4v) is 2.02. The summed E-state index contributed by atoms with van der Waals surface area (Å²) in [6.07, 6.45) is 4.60. The van der Waals surface area contributed by atoms with Crippen LogP contribution in [0.1, 0.15) is 25.5 Å². The van der Waals surface area contributed by atoms with Gasteiger partial charge in [-0.15, -0.1) is 0 Å². The molecule has 0 aliphatic heterocycles. The lowest BCUT2D eigenvalue weighted by atomic mass is 10.3. The number of rotatable bonds is 6. The van der Waals surface area contributed by atoms with Crippen LogP contribution in [-0.4, -0.2) is 22.4 Å². The van der Waals surface area contributed by atoms with Crippen molar-refractivity contribution in [2.24, 2.45) is 0 Å². The Balaban J connectivity index is 1.71. The fraction of sp³-hybridized carbons (Fsp3) is 0.400. The summed E-state index contributed by atoms with van der Waals surface area (Å²) >= 11 is 0. The van der Waals surface area contributed by atoms with Crippen LogP contribution < -0.4 is 10.1 Å². The summed E-state index contributed by atoms with van der Waals surface area (Å²) in [7, 11) is 0. The van der Waals surface area contributed by atoms with E-state index in [1.54, 1.807) is 0 Å². The molecule has 19 heavy (non-hydrogen) atoms. The summed E-state index contributed by atoms with van der Waals surface area (Å²) in [5, 5.41) is 8.05. The first-order valence-electron chi connectivity index (χ1n) is 6.86. The Kier molecular flexibility index (Phi) is 3.51. The van der Waals surface area contributed by atoms with Gasteiger partial charge in [0.15, 0.2) is 0 Å². The Morgan fingerprint density at radius 2 is 2.26 bits per heavy atom. The van der Waals surface area contributed by atoms with E-state index in [2.05, 4.69) is 16.5 Å². The van der Waals surface area contributed by atoms with Gasteiger partial charge in [-0.1, -0.05) is 6.07 Å². The van der Waals surface area contributed by atoms with E-state index >= 15 is 0 Å². The van der Waals surface area contributed by atoms with E-state index < -0.39 is 0 Å². The fourth-order valence-electron chi connectivity index (χ4n) is 2.02. The zero-order chi connectivity index (χ0) is 13.1. The molecule has 1 aliphatic carbocycles. The molecule has 1 aromatic heterocycles. The van der Waals surface area contributed by atoms with Crippen molar-refractivity contribution in [3.05, 3.63) is 42.2 Å². The standard InChI is InChI=1S/C15H19N3O/c1-2-19-15-5-3-4-14(10-15)18-9-8-13(17-18)11-16-12-6-7-12/h3-5,8-10,12,16H,2,6-7,11H2,1H3. The molecule has 3 rings (SSSR count). The topological polar surface area (TPSA) is 39.1 Å². The van der Waals surface area contributed by atoms with Gasteiger partial charge in [-0.3, -0.25) is 0 Å². The predicted molar refractivity (Wildman–Crippen MR) is 74.6 cm³/mol. The molecule has 1 saturated carbocycles. The number of ether oxygens (including phenoxy) is 1. The first-order valence-corrected chi connectivity index (χ1v) is 6.86. The van der Waals surface area contributed by atoms with Crippen LogP contribution in [0.2, 0.25) is 0 Å². The molecule has 4 heteroatoms. The average molecular weight is 257 g/mol. The summed E-state index contributed by atoms with van der Waals surface area (Å²) in [6.45, 7) is 3.52. The van der Waals surface area contributed by atoms with Crippen molar-refractivity contribution in [2.75, 3.05) is 6.61 Å². The maximum atomic E-state index is 5.51. The van der Waals surface area contributed by atoms with Crippen molar-refractivity contribution >= 4 is 0 Å².